The summed E-state index contributed by atoms with van der Waals surface area (Å²) in [5.74, 6) is -0.189. The van der Waals surface area contributed by atoms with Crippen LogP contribution in [0, 0.1) is 0 Å². The Morgan fingerprint density at radius 2 is 2.17 bits per heavy atom. The average molecular weight is 364 g/mol. The molecule has 118 valence electrons. The second-order valence-corrected chi connectivity index (χ2v) is 6.87. The zero-order chi connectivity index (χ0) is 16.4. The van der Waals surface area contributed by atoms with Crippen molar-refractivity contribution in [2.45, 2.75) is 13.0 Å². The van der Waals surface area contributed by atoms with Crippen LogP contribution in [-0.4, -0.2) is 11.0 Å². The monoisotopic (exact) mass is 363 g/mol. The fourth-order valence-electron chi connectivity index (χ4n) is 2.43. The standard InChI is InChI=1S/C16H14ClN3OS2/c1-9-13(15(21)19-11-5-2-4-10(17)8-11)14(20-16(22)18-9)12-6-3-7-23-12/h2-8,14H,1H3,(H,19,21)(H2,18,20,22)/t14-/m0/s1. The Bertz CT molecular complexity index is 786. The van der Waals surface area contributed by atoms with Crippen LogP contribution >= 0.6 is 35.2 Å². The molecule has 0 bridgehead atoms. The minimum atomic E-state index is -0.261. The lowest BCUT2D eigenvalue weighted by Crippen LogP contribution is -2.45. The molecule has 0 radical (unpaired) electrons. The molecule has 0 saturated carbocycles. The Balaban J connectivity index is 1.92. The van der Waals surface area contributed by atoms with Crippen molar-refractivity contribution in [3.05, 3.63) is 62.9 Å². The van der Waals surface area contributed by atoms with Gasteiger partial charge in [0.05, 0.1) is 11.6 Å². The maximum absolute atomic E-state index is 12.8. The highest BCUT2D eigenvalue weighted by molar-refractivity contribution is 7.80. The van der Waals surface area contributed by atoms with E-state index >= 15 is 0 Å². The fraction of sp³-hybridized carbons (Fsp3) is 0.125. The van der Waals surface area contributed by atoms with Crippen LogP contribution in [0.3, 0.4) is 0 Å². The number of anilines is 1. The Labute approximate surface area is 148 Å². The highest BCUT2D eigenvalue weighted by Crippen LogP contribution is 2.30. The van der Waals surface area contributed by atoms with Gasteiger partial charge in [-0.3, -0.25) is 4.79 Å². The van der Waals surface area contributed by atoms with Gasteiger partial charge in [-0.05, 0) is 48.8 Å². The minimum Gasteiger partial charge on any atom is -0.350 e. The van der Waals surface area contributed by atoms with Gasteiger partial charge in [-0.25, -0.2) is 0 Å². The number of carbonyl (C=O) groups is 1. The summed E-state index contributed by atoms with van der Waals surface area (Å²) >= 11 is 12.8. The van der Waals surface area contributed by atoms with Crippen LogP contribution < -0.4 is 16.0 Å². The van der Waals surface area contributed by atoms with Crippen molar-refractivity contribution < 1.29 is 4.79 Å². The van der Waals surface area contributed by atoms with Gasteiger partial charge in [-0.1, -0.05) is 23.7 Å². The van der Waals surface area contributed by atoms with Crippen molar-refractivity contribution >= 4 is 51.9 Å². The number of nitrogens with one attached hydrogen (secondary N) is 3. The van der Waals surface area contributed by atoms with Gasteiger partial charge in [-0.15, -0.1) is 11.3 Å². The van der Waals surface area contributed by atoms with Crippen molar-refractivity contribution in [3.8, 4) is 0 Å². The average Bonchev–Trinajstić information content (AvgIpc) is 3.00. The first-order chi connectivity index (χ1) is 11.0. The minimum absolute atomic E-state index is 0.189. The number of rotatable bonds is 3. The van der Waals surface area contributed by atoms with E-state index in [-0.39, 0.29) is 11.9 Å². The summed E-state index contributed by atoms with van der Waals surface area (Å²) in [6, 6.07) is 10.7. The molecule has 1 amide bonds. The van der Waals surface area contributed by atoms with E-state index in [9.17, 15) is 4.79 Å². The Hall–Kier alpha value is -1.89. The van der Waals surface area contributed by atoms with Gasteiger partial charge in [0.2, 0.25) is 0 Å². The first-order valence-electron chi connectivity index (χ1n) is 6.93. The number of benzene rings is 1. The second kappa shape index (κ2) is 6.70. The van der Waals surface area contributed by atoms with E-state index in [1.165, 1.54) is 0 Å². The van der Waals surface area contributed by atoms with E-state index in [1.54, 1.807) is 35.6 Å². The molecular weight excluding hydrogens is 350 g/mol. The number of allylic oxidation sites excluding steroid dienone is 1. The van der Waals surface area contributed by atoms with Crippen LogP contribution in [-0.2, 0) is 4.79 Å². The predicted octanol–water partition coefficient (Wildman–Crippen LogP) is 3.83. The quantitative estimate of drug-likeness (QED) is 0.725. The molecule has 3 rings (SSSR count). The molecule has 0 unspecified atom stereocenters. The van der Waals surface area contributed by atoms with Gasteiger partial charge in [-0.2, -0.15) is 0 Å². The molecule has 2 aromatic rings. The predicted molar refractivity (Wildman–Crippen MR) is 98.7 cm³/mol. The van der Waals surface area contributed by atoms with Crippen LogP contribution in [0.2, 0.25) is 5.02 Å². The fourth-order valence-corrected chi connectivity index (χ4v) is 3.67. The van der Waals surface area contributed by atoms with Crippen LogP contribution in [0.5, 0.6) is 0 Å². The Morgan fingerprint density at radius 3 is 2.87 bits per heavy atom. The zero-order valence-electron chi connectivity index (χ0n) is 12.2. The largest absolute Gasteiger partial charge is 0.350 e. The maximum Gasteiger partial charge on any atom is 0.255 e. The number of hydrogen-bond acceptors (Lipinski definition) is 3. The maximum atomic E-state index is 12.8. The third-order valence-electron chi connectivity index (χ3n) is 3.42. The van der Waals surface area contributed by atoms with E-state index in [4.69, 9.17) is 23.8 Å². The highest BCUT2D eigenvalue weighted by Gasteiger charge is 2.30. The Morgan fingerprint density at radius 1 is 1.35 bits per heavy atom. The number of amides is 1. The van der Waals surface area contributed by atoms with Crippen molar-refractivity contribution in [1.29, 1.82) is 0 Å². The van der Waals surface area contributed by atoms with Gasteiger partial charge in [0.15, 0.2) is 5.11 Å². The second-order valence-electron chi connectivity index (χ2n) is 5.05. The van der Waals surface area contributed by atoms with Crippen LogP contribution in [0.25, 0.3) is 0 Å². The van der Waals surface area contributed by atoms with Crippen LogP contribution in [0.15, 0.2) is 53.0 Å². The normalized spacial score (nSPS) is 17.5. The van der Waals surface area contributed by atoms with Crippen molar-refractivity contribution in [3.63, 3.8) is 0 Å². The van der Waals surface area contributed by atoms with Gasteiger partial charge in [0.25, 0.3) is 5.91 Å². The molecule has 1 aromatic carbocycles. The van der Waals surface area contributed by atoms with Crippen molar-refractivity contribution in [2.24, 2.45) is 0 Å². The summed E-state index contributed by atoms with van der Waals surface area (Å²) < 4.78 is 0. The molecule has 4 nitrogen and oxygen atoms in total. The lowest BCUT2D eigenvalue weighted by Gasteiger charge is -2.29. The van der Waals surface area contributed by atoms with E-state index in [2.05, 4.69) is 16.0 Å². The van der Waals surface area contributed by atoms with Gasteiger partial charge in [0.1, 0.15) is 0 Å². The highest BCUT2D eigenvalue weighted by atomic mass is 35.5. The molecule has 0 aliphatic carbocycles. The molecular formula is C16H14ClN3OS2. The van der Waals surface area contributed by atoms with Gasteiger partial charge in [0, 0.05) is 21.3 Å². The molecule has 3 N–H and O–H groups in total. The summed E-state index contributed by atoms with van der Waals surface area (Å²) in [4.78, 5) is 13.8. The van der Waals surface area contributed by atoms with E-state index in [1.807, 2.05) is 24.4 Å². The van der Waals surface area contributed by atoms with E-state index in [0.29, 0.717) is 21.4 Å². The smallest absolute Gasteiger partial charge is 0.255 e. The number of thiophene rings is 1. The number of thiocarbonyl (C=S) groups is 1. The van der Waals surface area contributed by atoms with Crippen molar-refractivity contribution in [1.82, 2.24) is 10.6 Å². The number of hydrogen-bond donors (Lipinski definition) is 3. The third kappa shape index (κ3) is 3.55. The molecule has 1 atom stereocenters. The summed E-state index contributed by atoms with van der Waals surface area (Å²) in [5, 5.41) is 12.1. The van der Waals surface area contributed by atoms with E-state index in [0.717, 1.165) is 10.6 Å². The zero-order valence-corrected chi connectivity index (χ0v) is 14.6. The van der Waals surface area contributed by atoms with Crippen molar-refractivity contribution in [2.75, 3.05) is 5.32 Å². The molecule has 1 aliphatic heterocycles. The molecule has 7 heteroatoms. The SMILES string of the molecule is CC1=C(C(=O)Nc2cccc(Cl)c2)[C@H](c2cccs2)NC(=S)N1. The number of carbonyl (C=O) groups excluding carboxylic acids is 1. The van der Waals surface area contributed by atoms with Gasteiger partial charge < -0.3 is 16.0 Å². The molecule has 1 aromatic heterocycles. The first kappa shape index (κ1) is 16.0. The molecule has 2 heterocycles. The van der Waals surface area contributed by atoms with Crippen LogP contribution in [0.1, 0.15) is 17.8 Å². The summed E-state index contributed by atoms with van der Waals surface area (Å²) in [5.41, 5.74) is 2.01. The third-order valence-corrected chi connectivity index (χ3v) is 4.82. The van der Waals surface area contributed by atoms with E-state index < -0.39 is 0 Å². The number of halogens is 1. The van der Waals surface area contributed by atoms with Gasteiger partial charge >= 0.3 is 0 Å². The Kier molecular flexibility index (Phi) is 4.66. The lowest BCUT2D eigenvalue weighted by molar-refractivity contribution is -0.113. The molecule has 0 spiro atoms. The topological polar surface area (TPSA) is 53.2 Å². The lowest BCUT2D eigenvalue weighted by atomic mass is 10.0. The molecule has 1 aliphatic rings. The summed E-state index contributed by atoms with van der Waals surface area (Å²) in [7, 11) is 0. The first-order valence-corrected chi connectivity index (χ1v) is 8.60. The van der Waals surface area contributed by atoms with Crippen LogP contribution in [0.4, 0.5) is 5.69 Å². The molecule has 0 saturated heterocycles. The molecule has 0 fully saturated rings. The summed E-state index contributed by atoms with van der Waals surface area (Å²) in [6.07, 6.45) is 0. The molecule has 23 heavy (non-hydrogen) atoms. The summed E-state index contributed by atoms with van der Waals surface area (Å²) in [6.45, 7) is 1.85.